The number of carbonyl (C=O) groups is 1. The molecule has 0 bridgehead atoms. The molecular weight excluding hydrogens is 335 g/mol. The normalized spacial score (nSPS) is 20.2. The molecule has 4 rings (SSSR count). The smallest absolute Gasteiger partial charge is 0.337 e. The fraction of sp³-hybridized carbons (Fsp3) is 0.750. The Balaban J connectivity index is 0.000000314. The Morgan fingerprint density at radius 3 is 2.20 bits per heavy atom. The minimum atomic E-state index is -4.53. The second kappa shape index (κ2) is 7.74. The number of nitrogens with zero attached hydrogens (tertiary/aromatic N) is 3. The van der Waals surface area contributed by atoms with Crippen molar-refractivity contribution in [3.63, 3.8) is 0 Å². The van der Waals surface area contributed by atoms with Crippen LogP contribution in [0.15, 0.2) is 0 Å². The van der Waals surface area contributed by atoms with Crippen LogP contribution >= 0.6 is 0 Å². The third kappa shape index (κ3) is 4.14. The molecule has 3 aliphatic rings. The largest absolute Gasteiger partial charge is 0.449 e. The molecule has 6 nitrogen and oxygen atoms in total. The van der Waals surface area contributed by atoms with E-state index in [0.29, 0.717) is 25.3 Å². The van der Waals surface area contributed by atoms with E-state index in [4.69, 9.17) is 0 Å². The van der Waals surface area contributed by atoms with E-state index in [0.717, 1.165) is 17.4 Å². The van der Waals surface area contributed by atoms with E-state index >= 15 is 0 Å². The first-order valence-electron chi connectivity index (χ1n) is 8.86. The second-order valence-corrected chi connectivity index (χ2v) is 6.51. The van der Waals surface area contributed by atoms with Crippen molar-refractivity contribution in [1.29, 1.82) is 0 Å². The monoisotopic (exact) mass is 359 g/mol. The van der Waals surface area contributed by atoms with E-state index in [1.54, 1.807) is 4.90 Å². The van der Waals surface area contributed by atoms with Crippen molar-refractivity contribution in [1.82, 2.24) is 25.1 Å². The van der Waals surface area contributed by atoms with Crippen molar-refractivity contribution >= 4 is 5.91 Å². The van der Waals surface area contributed by atoms with E-state index in [-0.39, 0.29) is 24.7 Å². The number of imidazole rings is 1. The maximum Gasteiger partial charge on any atom is 0.449 e. The summed E-state index contributed by atoms with van der Waals surface area (Å²) < 4.78 is 40.1. The first-order chi connectivity index (χ1) is 12.0. The molecule has 9 heteroatoms. The number of alkyl halides is 3. The molecule has 0 saturated carbocycles. The number of rotatable bonds is 1. The standard InChI is InChI=1S/C12H15F3N4O.C4H9N/c13-12(14,15)11-17-9(8-7-16-3-6-19(8)11)10(20)18-4-1-2-5-18;1-2-4-5-3-1/h16H,1-7H2;5H,1-4H2. The predicted octanol–water partition coefficient (Wildman–Crippen LogP) is 1.61. The van der Waals surface area contributed by atoms with Crippen LogP contribution in [0.25, 0.3) is 0 Å². The molecule has 0 aromatic carbocycles. The van der Waals surface area contributed by atoms with E-state index in [2.05, 4.69) is 15.6 Å². The highest BCUT2D eigenvalue weighted by Gasteiger charge is 2.41. The zero-order chi connectivity index (χ0) is 17.9. The van der Waals surface area contributed by atoms with E-state index in [1.807, 2.05) is 0 Å². The van der Waals surface area contributed by atoms with Gasteiger partial charge in [0.05, 0.1) is 5.69 Å². The van der Waals surface area contributed by atoms with Gasteiger partial charge in [-0.2, -0.15) is 13.2 Å². The summed E-state index contributed by atoms with van der Waals surface area (Å²) in [6, 6.07) is 0. The predicted molar refractivity (Wildman–Crippen MR) is 86.2 cm³/mol. The van der Waals surface area contributed by atoms with Gasteiger partial charge in [-0.05, 0) is 38.8 Å². The van der Waals surface area contributed by atoms with E-state index < -0.39 is 12.0 Å². The van der Waals surface area contributed by atoms with Crippen LogP contribution in [0, 0.1) is 0 Å². The van der Waals surface area contributed by atoms with Crippen LogP contribution in [-0.2, 0) is 19.3 Å². The Hall–Kier alpha value is -1.61. The van der Waals surface area contributed by atoms with Gasteiger partial charge in [-0.25, -0.2) is 4.98 Å². The second-order valence-electron chi connectivity index (χ2n) is 6.51. The molecule has 25 heavy (non-hydrogen) atoms. The molecule has 2 fully saturated rings. The van der Waals surface area contributed by atoms with Gasteiger partial charge >= 0.3 is 6.18 Å². The van der Waals surface area contributed by atoms with Crippen molar-refractivity contribution in [3.05, 3.63) is 17.2 Å². The summed E-state index contributed by atoms with van der Waals surface area (Å²) in [4.78, 5) is 17.5. The van der Waals surface area contributed by atoms with E-state index in [9.17, 15) is 18.0 Å². The Morgan fingerprint density at radius 1 is 0.960 bits per heavy atom. The number of hydrogen-bond acceptors (Lipinski definition) is 4. The number of carbonyl (C=O) groups excluding carboxylic acids is 1. The summed E-state index contributed by atoms with van der Waals surface area (Å²) in [5, 5.41) is 6.21. The minimum absolute atomic E-state index is 0.0496. The number of likely N-dealkylation sites (tertiary alicyclic amines) is 1. The molecule has 1 aromatic heterocycles. The van der Waals surface area contributed by atoms with Crippen LogP contribution in [0.5, 0.6) is 0 Å². The van der Waals surface area contributed by atoms with Gasteiger partial charge in [-0.15, -0.1) is 0 Å². The molecule has 0 spiro atoms. The van der Waals surface area contributed by atoms with Gasteiger partial charge in [-0.1, -0.05) is 0 Å². The molecule has 1 aromatic rings. The van der Waals surface area contributed by atoms with Gasteiger partial charge in [-0.3, -0.25) is 4.79 Å². The number of hydrogen-bond donors (Lipinski definition) is 2. The number of nitrogens with one attached hydrogen (secondary N) is 2. The topological polar surface area (TPSA) is 62.2 Å². The van der Waals surface area contributed by atoms with Gasteiger partial charge in [0.15, 0.2) is 5.69 Å². The fourth-order valence-corrected chi connectivity index (χ4v) is 3.39. The highest BCUT2D eigenvalue weighted by atomic mass is 19.4. The number of halogens is 3. The molecule has 0 unspecified atom stereocenters. The lowest BCUT2D eigenvalue weighted by atomic mass is 10.2. The van der Waals surface area contributed by atoms with Gasteiger partial charge in [0, 0.05) is 32.7 Å². The molecule has 1 amide bonds. The third-order valence-electron chi connectivity index (χ3n) is 4.68. The fourth-order valence-electron chi connectivity index (χ4n) is 3.39. The van der Waals surface area contributed by atoms with Crippen LogP contribution in [0.2, 0.25) is 0 Å². The van der Waals surface area contributed by atoms with Crippen LogP contribution in [0.3, 0.4) is 0 Å². The highest BCUT2D eigenvalue weighted by Crippen LogP contribution is 2.31. The van der Waals surface area contributed by atoms with Crippen molar-refractivity contribution in [2.75, 3.05) is 32.7 Å². The number of fused-ring (bicyclic) bond motifs is 1. The van der Waals surface area contributed by atoms with Crippen LogP contribution in [0.4, 0.5) is 13.2 Å². The molecule has 0 aliphatic carbocycles. The van der Waals surface area contributed by atoms with Crippen molar-refractivity contribution in [2.45, 2.75) is 44.9 Å². The first-order valence-corrected chi connectivity index (χ1v) is 8.86. The summed E-state index contributed by atoms with van der Waals surface area (Å²) in [6.07, 6.45) is 0.0357. The summed E-state index contributed by atoms with van der Waals surface area (Å²) in [5.41, 5.74) is 0.298. The Kier molecular flexibility index (Phi) is 5.63. The number of amides is 1. The SMILES string of the molecule is C1CCNC1.O=C(c1nc(C(F)(F)F)n2c1CNCC2)N1CCCC1. The van der Waals surface area contributed by atoms with Crippen LogP contribution < -0.4 is 10.6 Å². The van der Waals surface area contributed by atoms with Gasteiger partial charge in [0.25, 0.3) is 5.91 Å². The lowest BCUT2D eigenvalue weighted by Crippen LogP contribution is -2.33. The third-order valence-corrected chi connectivity index (χ3v) is 4.68. The molecule has 3 aliphatic heterocycles. The molecule has 140 valence electrons. The molecule has 2 N–H and O–H groups in total. The van der Waals surface area contributed by atoms with Gasteiger partial charge in [0.1, 0.15) is 0 Å². The summed E-state index contributed by atoms with van der Waals surface area (Å²) >= 11 is 0. The van der Waals surface area contributed by atoms with Gasteiger partial charge in [0.2, 0.25) is 5.82 Å². The average Bonchev–Trinajstić information content (AvgIpc) is 3.35. The molecule has 0 radical (unpaired) electrons. The lowest BCUT2D eigenvalue weighted by Gasteiger charge is -2.20. The van der Waals surface area contributed by atoms with Crippen LogP contribution in [0.1, 0.15) is 47.7 Å². The highest BCUT2D eigenvalue weighted by molar-refractivity contribution is 5.93. The van der Waals surface area contributed by atoms with Crippen molar-refractivity contribution in [2.24, 2.45) is 0 Å². The summed E-state index contributed by atoms with van der Waals surface area (Å²) in [7, 11) is 0. The minimum Gasteiger partial charge on any atom is -0.337 e. The zero-order valence-electron chi connectivity index (χ0n) is 14.2. The molecule has 4 heterocycles. The van der Waals surface area contributed by atoms with E-state index in [1.165, 1.54) is 25.9 Å². The maximum absolute atomic E-state index is 13.0. The Morgan fingerprint density at radius 2 is 1.64 bits per heavy atom. The van der Waals surface area contributed by atoms with Crippen LogP contribution in [-0.4, -0.2) is 53.1 Å². The zero-order valence-corrected chi connectivity index (χ0v) is 14.2. The maximum atomic E-state index is 13.0. The summed E-state index contributed by atoms with van der Waals surface area (Å²) in [5.74, 6) is -1.35. The lowest BCUT2D eigenvalue weighted by molar-refractivity contribution is -0.147. The quantitative estimate of drug-likeness (QED) is 0.800. The first kappa shape index (κ1) is 18.2. The summed E-state index contributed by atoms with van der Waals surface area (Å²) in [6.45, 7) is 4.58. The van der Waals surface area contributed by atoms with Gasteiger partial charge < -0.3 is 20.1 Å². The molecular formula is C16H24F3N5O. The van der Waals surface area contributed by atoms with Crippen molar-refractivity contribution in [3.8, 4) is 0 Å². The Labute approximate surface area is 144 Å². The number of aromatic nitrogens is 2. The average molecular weight is 359 g/mol. The molecule has 2 saturated heterocycles. The Bertz CT molecular complexity index is 596. The van der Waals surface area contributed by atoms with Crippen molar-refractivity contribution < 1.29 is 18.0 Å². The molecule has 0 atom stereocenters.